The molecule has 0 atom stereocenters. The maximum atomic E-state index is 13.0. The molecule has 0 saturated carbocycles. The number of carbonyl (C=O) groups is 1. The minimum atomic E-state index is -0.212. The van der Waals surface area contributed by atoms with E-state index < -0.39 is 0 Å². The number of rotatable bonds is 2. The molecule has 0 spiro atoms. The van der Waals surface area contributed by atoms with Gasteiger partial charge in [-0.3, -0.25) is 9.69 Å². The number of benzene rings is 2. The van der Waals surface area contributed by atoms with Crippen molar-refractivity contribution in [1.29, 1.82) is 0 Å². The Bertz CT molecular complexity index is 644. The Hall–Kier alpha value is -2.20. The van der Waals surface area contributed by atoms with E-state index in [0.717, 1.165) is 43.0 Å². The average molecular weight is 299 g/mol. The lowest BCUT2D eigenvalue weighted by atomic mass is 10.1. The van der Waals surface area contributed by atoms with E-state index in [9.17, 15) is 9.18 Å². The van der Waals surface area contributed by atoms with Gasteiger partial charge in [-0.25, -0.2) is 4.39 Å². The summed E-state index contributed by atoms with van der Waals surface area (Å²) in [6.45, 7) is 5.16. The maximum absolute atomic E-state index is 13.0. The van der Waals surface area contributed by atoms with Crippen LogP contribution in [0.1, 0.15) is 15.9 Å². The molecule has 2 aromatic carbocycles. The number of amides is 1. The number of quaternary nitrogens is 1. The molecule has 1 amide bonds. The highest BCUT2D eigenvalue weighted by Crippen LogP contribution is 2.09. The highest BCUT2D eigenvalue weighted by atomic mass is 19.1. The molecule has 1 N–H and O–H groups in total. The second-order valence-corrected chi connectivity index (χ2v) is 5.77. The summed E-state index contributed by atoms with van der Waals surface area (Å²) in [5.41, 5.74) is 2.99. The average Bonchev–Trinajstić information content (AvgIpc) is 2.56. The molecule has 1 saturated heterocycles. The third-order valence-electron chi connectivity index (χ3n) is 4.21. The summed E-state index contributed by atoms with van der Waals surface area (Å²) in [6.07, 6.45) is 0. The first-order chi connectivity index (χ1) is 10.6. The van der Waals surface area contributed by atoms with Gasteiger partial charge in [0.2, 0.25) is 0 Å². The molecule has 1 aliphatic heterocycles. The normalized spacial score (nSPS) is 15.8. The number of hydrogen-bond acceptors (Lipinski definition) is 1. The summed E-state index contributed by atoms with van der Waals surface area (Å²) < 4.78 is 13.0. The zero-order valence-corrected chi connectivity index (χ0v) is 12.7. The Kier molecular flexibility index (Phi) is 4.20. The van der Waals surface area contributed by atoms with Gasteiger partial charge in [0.1, 0.15) is 11.5 Å². The number of piperazine rings is 1. The van der Waals surface area contributed by atoms with Crippen LogP contribution >= 0.6 is 0 Å². The number of aryl methyl sites for hydroxylation is 1. The van der Waals surface area contributed by atoms with Crippen LogP contribution in [0.15, 0.2) is 48.5 Å². The molecule has 22 heavy (non-hydrogen) atoms. The zero-order chi connectivity index (χ0) is 15.5. The van der Waals surface area contributed by atoms with Crippen molar-refractivity contribution in [1.82, 2.24) is 4.90 Å². The zero-order valence-electron chi connectivity index (χ0n) is 12.7. The van der Waals surface area contributed by atoms with Crippen LogP contribution in [0.2, 0.25) is 0 Å². The Morgan fingerprint density at radius 2 is 1.59 bits per heavy atom. The van der Waals surface area contributed by atoms with Gasteiger partial charge in [0, 0.05) is 17.7 Å². The summed E-state index contributed by atoms with van der Waals surface area (Å²) in [7, 11) is 0. The predicted molar refractivity (Wildman–Crippen MR) is 83.8 cm³/mol. The minimum absolute atomic E-state index is 0.0955. The molecule has 0 radical (unpaired) electrons. The monoisotopic (exact) mass is 299 g/mol. The molecule has 3 rings (SSSR count). The molecule has 3 nitrogen and oxygen atoms in total. The molecule has 1 aliphatic rings. The fourth-order valence-electron chi connectivity index (χ4n) is 2.83. The van der Waals surface area contributed by atoms with E-state index in [0.29, 0.717) is 0 Å². The first-order valence-corrected chi connectivity index (χ1v) is 7.60. The van der Waals surface area contributed by atoms with Gasteiger partial charge in [0.15, 0.2) is 0 Å². The first kappa shape index (κ1) is 14.7. The topological polar surface area (TPSA) is 24.8 Å². The van der Waals surface area contributed by atoms with Crippen molar-refractivity contribution in [2.75, 3.05) is 26.2 Å². The highest BCUT2D eigenvalue weighted by molar-refractivity contribution is 5.94. The van der Waals surface area contributed by atoms with Crippen LogP contribution in [0, 0.1) is 12.7 Å². The van der Waals surface area contributed by atoms with E-state index in [1.54, 1.807) is 0 Å². The van der Waals surface area contributed by atoms with Crippen LogP contribution in [0.25, 0.3) is 0 Å². The van der Waals surface area contributed by atoms with Gasteiger partial charge in [-0.05, 0) is 31.2 Å². The predicted octanol–water partition coefficient (Wildman–Crippen LogP) is 1.81. The third-order valence-corrected chi connectivity index (χ3v) is 4.21. The molecule has 4 heteroatoms. The summed E-state index contributed by atoms with van der Waals surface area (Å²) >= 11 is 0. The molecule has 0 bridgehead atoms. The van der Waals surface area contributed by atoms with Gasteiger partial charge in [0.25, 0.3) is 5.91 Å². The van der Waals surface area contributed by atoms with Gasteiger partial charge in [0.05, 0.1) is 26.2 Å². The SMILES string of the molecule is Cc1ccc(C(=O)N2CC[NH+](c3ccc(F)cc3)CC2)cc1. The quantitative estimate of drug-likeness (QED) is 0.899. The lowest BCUT2D eigenvalue weighted by Crippen LogP contribution is -3.10. The van der Waals surface area contributed by atoms with Crippen LogP contribution < -0.4 is 4.90 Å². The molecular formula is C18H20FN2O+. The fraction of sp³-hybridized carbons (Fsp3) is 0.278. The van der Waals surface area contributed by atoms with Crippen molar-refractivity contribution >= 4 is 11.6 Å². The van der Waals surface area contributed by atoms with Crippen LogP contribution in [0.3, 0.4) is 0 Å². The van der Waals surface area contributed by atoms with Gasteiger partial charge in [-0.2, -0.15) is 0 Å². The second-order valence-electron chi connectivity index (χ2n) is 5.77. The number of nitrogens with zero attached hydrogens (tertiary/aromatic N) is 1. The molecule has 0 unspecified atom stereocenters. The molecular weight excluding hydrogens is 279 g/mol. The molecule has 2 aromatic rings. The van der Waals surface area contributed by atoms with Gasteiger partial charge in [-0.1, -0.05) is 17.7 Å². The van der Waals surface area contributed by atoms with Crippen molar-refractivity contribution in [2.45, 2.75) is 6.92 Å². The number of hydrogen-bond donors (Lipinski definition) is 1. The lowest BCUT2D eigenvalue weighted by Gasteiger charge is -2.32. The largest absolute Gasteiger partial charge is 0.327 e. The standard InChI is InChI=1S/C18H19FN2O/c1-14-2-4-15(5-3-14)18(22)21-12-10-20(11-13-21)17-8-6-16(19)7-9-17/h2-9H,10-13H2,1H3/p+1. The van der Waals surface area contributed by atoms with E-state index in [2.05, 4.69) is 0 Å². The van der Waals surface area contributed by atoms with Crippen LogP contribution in [0.4, 0.5) is 10.1 Å². The molecule has 1 heterocycles. The van der Waals surface area contributed by atoms with Crippen molar-refractivity contribution < 1.29 is 14.1 Å². The van der Waals surface area contributed by atoms with Crippen LogP contribution in [-0.4, -0.2) is 37.0 Å². The highest BCUT2D eigenvalue weighted by Gasteiger charge is 2.25. The summed E-state index contributed by atoms with van der Waals surface area (Å²) in [5.74, 6) is -0.116. The van der Waals surface area contributed by atoms with Crippen molar-refractivity contribution in [3.63, 3.8) is 0 Å². The Morgan fingerprint density at radius 3 is 2.18 bits per heavy atom. The first-order valence-electron chi connectivity index (χ1n) is 7.60. The lowest BCUT2D eigenvalue weighted by molar-refractivity contribution is -0.837. The van der Waals surface area contributed by atoms with Gasteiger partial charge >= 0.3 is 0 Å². The molecule has 0 aliphatic carbocycles. The van der Waals surface area contributed by atoms with E-state index in [4.69, 9.17) is 0 Å². The number of carbonyl (C=O) groups excluding carboxylic acids is 1. The Balaban J connectivity index is 1.62. The molecule has 0 aromatic heterocycles. The summed E-state index contributed by atoms with van der Waals surface area (Å²) in [4.78, 5) is 15.7. The second kappa shape index (κ2) is 6.28. The van der Waals surface area contributed by atoms with Crippen molar-refractivity contribution in [2.24, 2.45) is 0 Å². The van der Waals surface area contributed by atoms with Crippen LogP contribution in [0.5, 0.6) is 0 Å². The minimum Gasteiger partial charge on any atom is -0.327 e. The summed E-state index contributed by atoms with van der Waals surface area (Å²) in [6, 6.07) is 14.3. The van der Waals surface area contributed by atoms with E-state index in [-0.39, 0.29) is 11.7 Å². The van der Waals surface area contributed by atoms with Gasteiger partial charge in [-0.15, -0.1) is 0 Å². The third kappa shape index (κ3) is 3.17. The van der Waals surface area contributed by atoms with E-state index >= 15 is 0 Å². The fourth-order valence-corrected chi connectivity index (χ4v) is 2.83. The van der Waals surface area contributed by atoms with E-state index in [1.807, 2.05) is 48.2 Å². The van der Waals surface area contributed by atoms with E-state index in [1.165, 1.54) is 17.0 Å². The Morgan fingerprint density at radius 1 is 1.00 bits per heavy atom. The smallest absolute Gasteiger partial charge is 0.254 e. The number of nitrogens with one attached hydrogen (secondary N) is 1. The van der Waals surface area contributed by atoms with Crippen molar-refractivity contribution in [3.05, 3.63) is 65.5 Å². The Labute approximate surface area is 130 Å². The van der Waals surface area contributed by atoms with Crippen LogP contribution in [-0.2, 0) is 0 Å². The summed E-state index contributed by atoms with van der Waals surface area (Å²) in [5, 5.41) is 0. The number of halogens is 1. The van der Waals surface area contributed by atoms with Crippen molar-refractivity contribution in [3.8, 4) is 0 Å². The molecule has 1 fully saturated rings. The van der Waals surface area contributed by atoms with Gasteiger partial charge < -0.3 is 4.90 Å². The molecule has 114 valence electrons. The maximum Gasteiger partial charge on any atom is 0.254 e.